The molecular weight excluding hydrogens is 198 g/mol. The molecule has 16 heavy (non-hydrogen) atoms. The van der Waals surface area contributed by atoms with Crippen LogP contribution in [0.2, 0.25) is 0 Å². The summed E-state index contributed by atoms with van der Waals surface area (Å²) < 4.78 is 0. The number of hydrogen-bond donors (Lipinski definition) is 2. The molecule has 2 N–H and O–H groups in total. The fraction of sp³-hybridized carbons (Fsp3) is 0.692. The van der Waals surface area contributed by atoms with Gasteiger partial charge in [0, 0.05) is 25.5 Å². The van der Waals surface area contributed by atoms with Crippen LogP contribution in [0.5, 0.6) is 0 Å². The molecule has 90 valence electrons. The van der Waals surface area contributed by atoms with Crippen LogP contribution in [0.1, 0.15) is 25.3 Å². The molecule has 1 fully saturated rings. The van der Waals surface area contributed by atoms with Crippen molar-refractivity contribution in [2.45, 2.75) is 26.3 Å². The van der Waals surface area contributed by atoms with Crippen LogP contribution in [-0.4, -0.2) is 36.1 Å². The molecule has 0 spiro atoms. The molecule has 1 aromatic heterocycles. The topological polar surface area (TPSA) is 31.1 Å². The number of aromatic amines is 1. The van der Waals surface area contributed by atoms with Gasteiger partial charge < -0.3 is 15.2 Å². The minimum Gasteiger partial charge on any atom is -0.367 e. The second-order valence-electron chi connectivity index (χ2n) is 4.75. The third kappa shape index (κ3) is 3.35. The molecular formula is C13H23N3. The summed E-state index contributed by atoms with van der Waals surface area (Å²) in [5.41, 5.74) is 1.35. The van der Waals surface area contributed by atoms with E-state index in [1.165, 1.54) is 38.0 Å². The lowest BCUT2D eigenvalue weighted by atomic mass is 9.98. The van der Waals surface area contributed by atoms with Crippen LogP contribution in [0.4, 0.5) is 0 Å². The van der Waals surface area contributed by atoms with Crippen LogP contribution < -0.4 is 5.32 Å². The van der Waals surface area contributed by atoms with Crippen LogP contribution in [0, 0.1) is 5.92 Å². The van der Waals surface area contributed by atoms with Crippen molar-refractivity contribution in [3.05, 3.63) is 24.0 Å². The summed E-state index contributed by atoms with van der Waals surface area (Å²) in [6.45, 7) is 8.18. The van der Waals surface area contributed by atoms with Crippen molar-refractivity contribution in [2.24, 2.45) is 5.92 Å². The number of nitrogens with one attached hydrogen (secondary N) is 2. The molecule has 3 heteroatoms. The van der Waals surface area contributed by atoms with Crippen molar-refractivity contribution in [1.82, 2.24) is 15.2 Å². The predicted octanol–water partition coefficient (Wildman–Crippen LogP) is 1.84. The Morgan fingerprint density at radius 1 is 1.56 bits per heavy atom. The Kier molecular flexibility index (Phi) is 4.43. The number of rotatable bonds is 5. The van der Waals surface area contributed by atoms with Crippen molar-refractivity contribution in [3.63, 3.8) is 0 Å². The number of hydrogen-bond acceptors (Lipinski definition) is 2. The zero-order valence-corrected chi connectivity index (χ0v) is 10.2. The van der Waals surface area contributed by atoms with Crippen molar-refractivity contribution < 1.29 is 0 Å². The first-order chi connectivity index (χ1) is 7.88. The number of piperidine rings is 1. The van der Waals surface area contributed by atoms with Crippen molar-refractivity contribution in [3.8, 4) is 0 Å². The van der Waals surface area contributed by atoms with Gasteiger partial charge in [-0.15, -0.1) is 0 Å². The summed E-state index contributed by atoms with van der Waals surface area (Å²) in [5, 5.41) is 3.56. The lowest BCUT2D eigenvalue weighted by Crippen LogP contribution is -2.39. The maximum Gasteiger partial charge on any atom is 0.0220 e. The molecule has 0 aromatic carbocycles. The molecule has 0 bridgehead atoms. The molecule has 1 saturated heterocycles. The van der Waals surface area contributed by atoms with E-state index in [0.29, 0.717) is 0 Å². The Hall–Kier alpha value is -0.800. The van der Waals surface area contributed by atoms with Crippen LogP contribution >= 0.6 is 0 Å². The summed E-state index contributed by atoms with van der Waals surface area (Å²) in [4.78, 5) is 5.65. The van der Waals surface area contributed by atoms with E-state index >= 15 is 0 Å². The van der Waals surface area contributed by atoms with Crippen LogP contribution in [0.3, 0.4) is 0 Å². The predicted molar refractivity (Wildman–Crippen MR) is 67.3 cm³/mol. The van der Waals surface area contributed by atoms with E-state index in [0.717, 1.165) is 19.0 Å². The summed E-state index contributed by atoms with van der Waals surface area (Å²) in [6.07, 6.45) is 6.80. The molecule has 0 amide bonds. The highest BCUT2D eigenvalue weighted by molar-refractivity contribution is 5.07. The average Bonchev–Trinajstić information content (AvgIpc) is 2.82. The van der Waals surface area contributed by atoms with Crippen molar-refractivity contribution in [1.29, 1.82) is 0 Å². The largest absolute Gasteiger partial charge is 0.367 e. The van der Waals surface area contributed by atoms with E-state index in [1.807, 2.05) is 6.20 Å². The Morgan fingerprint density at radius 2 is 2.50 bits per heavy atom. The normalized spacial score (nSPS) is 22.4. The van der Waals surface area contributed by atoms with Gasteiger partial charge in [-0.3, -0.25) is 0 Å². The fourth-order valence-corrected chi connectivity index (χ4v) is 2.49. The van der Waals surface area contributed by atoms with Gasteiger partial charge in [0.1, 0.15) is 0 Å². The zero-order valence-electron chi connectivity index (χ0n) is 10.2. The third-order valence-corrected chi connectivity index (χ3v) is 3.47. The lowest BCUT2D eigenvalue weighted by molar-refractivity contribution is 0.180. The van der Waals surface area contributed by atoms with Gasteiger partial charge >= 0.3 is 0 Å². The van der Waals surface area contributed by atoms with Gasteiger partial charge in [0.2, 0.25) is 0 Å². The highest BCUT2D eigenvalue weighted by Gasteiger charge is 2.17. The first-order valence-electron chi connectivity index (χ1n) is 6.43. The summed E-state index contributed by atoms with van der Waals surface area (Å²) in [7, 11) is 0. The average molecular weight is 221 g/mol. The number of aromatic nitrogens is 1. The van der Waals surface area contributed by atoms with Crippen LogP contribution in [0.15, 0.2) is 18.5 Å². The molecule has 2 heterocycles. The van der Waals surface area contributed by atoms with Crippen LogP contribution in [-0.2, 0) is 6.54 Å². The first kappa shape index (κ1) is 11.7. The monoisotopic (exact) mass is 221 g/mol. The standard InChI is InChI=1S/C13H23N3/c1-2-16-7-3-4-13(11-16)10-15-9-12-5-6-14-8-12/h5-6,8,13-15H,2-4,7,9-11H2,1H3. The second-order valence-corrected chi connectivity index (χ2v) is 4.75. The third-order valence-electron chi connectivity index (χ3n) is 3.47. The van der Waals surface area contributed by atoms with Crippen molar-refractivity contribution in [2.75, 3.05) is 26.2 Å². The minimum atomic E-state index is 0.840. The van der Waals surface area contributed by atoms with Gasteiger partial charge in [-0.25, -0.2) is 0 Å². The highest BCUT2D eigenvalue weighted by atomic mass is 15.1. The van der Waals surface area contributed by atoms with Gasteiger partial charge in [0.15, 0.2) is 0 Å². The Bertz CT molecular complexity index is 281. The maximum atomic E-state index is 3.56. The zero-order chi connectivity index (χ0) is 11.2. The molecule has 1 aliphatic rings. The maximum absolute atomic E-state index is 3.56. The molecule has 1 aromatic rings. The molecule has 1 aliphatic heterocycles. The Balaban J connectivity index is 1.65. The summed E-state index contributed by atoms with van der Waals surface area (Å²) in [5.74, 6) is 0.840. The Morgan fingerprint density at radius 3 is 3.25 bits per heavy atom. The smallest absolute Gasteiger partial charge is 0.0220 e. The van der Waals surface area contributed by atoms with E-state index < -0.39 is 0 Å². The van der Waals surface area contributed by atoms with E-state index in [2.05, 4.69) is 34.4 Å². The van der Waals surface area contributed by atoms with E-state index in [9.17, 15) is 0 Å². The van der Waals surface area contributed by atoms with E-state index in [-0.39, 0.29) is 0 Å². The number of nitrogens with zero attached hydrogens (tertiary/aromatic N) is 1. The minimum absolute atomic E-state index is 0.840. The highest BCUT2D eigenvalue weighted by Crippen LogP contribution is 2.15. The molecule has 1 atom stereocenters. The molecule has 1 unspecified atom stereocenters. The van der Waals surface area contributed by atoms with Gasteiger partial charge in [-0.05, 0) is 50.0 Å². The second kappa shape index (κ2) is 6.06. The first-order valence-corrected chi connectivity index (χ1v) is 6.43. The molecule has 0 saturated carbocycles. The molecule has 0 radical (unpaired) electrons. The molecule has 3 nitrogen and oxygen atoms in total. The fourth-order valence-electron chi connectivity index (χ4n) is 2.49. The van der Waals surface area contributed by atoms with Gasteiger partial charge in [-0.1, -0.05) is 6.92 Å². The van der Waals surface area contributed by atoms with Crippen molar-refractivity contribution >= 4 is 0 Å². The molecule has 2 rings (SSSR count). The quantitative estimate of drug-likeness (QED) is 0.795. The molecule has 0 aliphatic carbocycles. The van der Waals surface area contributed by atoms with E-state index in [4.69, 9.17) is 0 Å². The van der Waals surface area contributed by atoms with Gasteiger partial charge in [0.05, 0.1) is 0 Å². The van der Waals surface area contributed by atoms with Crippen LogP contribution in [0.25, 0.3) is 0 Å². The lowest BCUT2D eigenvalue weighted by Gasteiger charge is -2.31. The summed E-state index contributed by atoms with van der Waals surface area (Å²) >= 11 is 0. The Labute approximate surface area is 98.2 Å². The SMILES string of the molecule is CCN1CCCC(CNCc2cc[nH]c2)C1. The van der Waals surface area contributed by atoms with Gasteiger partial charge in [-0.2, -0.15) is 0 Å². The van der Waals surface area contributed by atoms with Gasteiger partial charge in [0.25, 0.3) is 0 Å². The number of likely N-dealkylation sites (tertiary alicyclic amines) is 1. The van der Waals surface area contributed by atoms with E-state index in [1.54, 1.807) is 0 Å². The summed E-state index contributed by atoms with van der Waals surface area (Å²) in [6, 6.07) is 2.13. The number of H-pyrrole nitrogens is 1.